The highest BCUT2D eigenvalue weighted by Gasteiger charge is 2.12. The van der Waals surface area contributed by atoms with Crippen molar-refractivity contribution in [2.45, 2.75) is 39.2 Å². The van der Waals surface area contributed by atoms with Crippen molar-refractivity contribution < 1.29 is 13.2 Å². The van der Waals surface area contributed by atoms with E-state index in [-0.39, 0.29) is 12.0 Å². The van der Waals surface area contributed by atoms with Gasteiger partial charge in [0.2, 0.25) is 11.8 Å². The second-order valence-corrected chi connectivity index (χ2v) is 5.19. The maximum Gasteiger partial charge on any atom is 0.221 e. The molecule has 1 N–H and O–H groups in total. The summed E-state index contributed by atoms with van der Waals surface area (Å²) in [5.74, 6) is -0.913. The van der Waals surface area contributed by atoms with Gasteiger partial charge in [-0.05, 0) is 19.0 Å². The molecule has 1 aromatic heterocycles. The highest BCUT2D eigenvalue weighted by molar-refractivity contribution is 5.21. The van der Waals surface area contributed by atoms with E-state index in [0.717, 1.165) is 19.0 Å². The molecule has 0 fully saturated rings. The molecule has 0 atom stereocenters. The highest BCUT2D eigenvalue weighted by atomic mass is 19.2. The van der Waals surface area contributed by atoms with Crippen molar-refractivity contribution >= 4 is 0 Å². The summed E-state index contributed by atoms with van der Waals surface area (Å²) in [4.78, 5) is 0. The average molecular weight is 295 g/mol. The van der Waals surface area contributed by atoms with E-state index in [2.05, 4.69) is 29.4 Å². The molecular weight excluding hydrogens is 276 g/mol. The van der Waals surface area contributed by atoms with Crippen LogP contribution in [0.15, 0.2) is 22.6 Å². The van der Waals surface area contributed by atoms with Gasteiger partial charge in [0.15, 0.2) is 11.6 Å². The van der Waals surface area contributed by atoms with Crippen LogP contribution >= 0.6 is 0 Å². The Kier molecular flexibility index (Phi) is 5.38. The van der Waals surface area contributed by atoms with Gasteiger partial charge in [0.05, 0.1) is 6.42 Å². The zero-order valence-corrected chi connectivity index (χ0v) is 12.2. The van der Waals surface area contributed by atoms with Crippen molar-refractivity contribution in [3.63, 3.8) is 0 Å². The molecule has 21 heavy (non-hydrogen) atoms. The summed E-state index contributed by atoms with van der Waals surface area (Å²) in [6.45, 7) is 5.03. The number of hydrogen-bond acceptors (Lipinski definition) is 4. The Morgan fingerprint density at radius 2 is 1.95 bits per heavy atom. The molecule has 2 aromatic rings. The lowest BCUT2D eigenvalue weighted by Gasteiger charge is -2.05. The van der Waals surface area contributed by atoms with E-state index in [1.165, 1.54) is 12.1 Å². The maximum absolute atomic E-state index is 13.5. The number of benzene rings is 1. The summed E-state index contributed by atoms with van der Waals surface area (Å²) in [6.07, 6.45) is 1.65. The number of nitrogens with one attached hydrogen (secondary N) is 1. The van der Waals surface area contributed by atoms with Gasteiger partial charge < -0.3 is 9.73 Å². The average Bonchev–Trinajstić information content (AvgIpc) is 2.87. The predicted octanol–water partition coefficient (Wildman–Crippen LogP) is 2.87. The largest absolute Gasteiger partial charge is 0.425 e. The summed E-state index contributed by atoms with van der Waals surface area (Å²) in [5, 5.41) is 11.1. The first-order chi connectivity index (χ1) is 10.1. The van der Waals surface area contributed by atoms with Crippen LogP contribution in [0.1, 0.15) is 37.6 Å². The highest BCUT2D eigenvalue weighted by Crippen LogP contribution is 2.15. The minimum absolute atomic E-state index is 0.0981. The van der Waals surface area contributed by atoms with Gasteiger partial charge in [0, 0.05) is 18.0 Å². The Bertz CT molecular complexity index is 584. The molecule has 0 saturated heterocycles. The molecule has 1 heterocycles. The Balaban J connectivity index is 1.89. The second kappa shape index (κ2) is 7.26. The molecular formula is C15H19F2N3O. The van der Waals surface area contributed by atoms with Crippen LogP contribution in [0, 0.1) is 11.6 Å². The van der Waals surface area contributed by atoms with E-state index >= 15 is 0 Å². The van der Waals surface area contributed by atoms with E-state index in [4.69, 9.17) is 4.42 Å². The van der Waals surface area contributed by atoms with Crippen LogP contribution in [0.25, 0.3) is 0 Å². The molecule has 0 amide bonds. The van der Waals surface area contributed by atoms with Crippen LogP contribution in [0.4, 0.5) is 8.78 Å². The predicted molar refractivity (Wildman–Crippen MR) is 74.9 cm³/mol. The Morgan fingerprint density at radius 1 is 1.19 bits per heavy atom. The molecule has 0 aliphatic heterocycles. The number of aryl methyl sites for hydroxylation is 1. The third kappa shape index (κ3) is 4.60. The zero-order chi connectivity index (χ0) is 15.2. The molecule has 6 heteroatoms. The van der Waals surface area contributed by atoms with Crippen LogP contribution < -0.4 is 5.32 Å². The van der Waals surface area contributed by atoms with Gasteiger partial charge in [-0.15, -0.1) is 10.2 Å². The fraction of sp³-hybridized carbons (Fsp3) is 0.467. The minimum atomic E-state index is -0.869. The lowest BCUT2D eigenvalue weighted by atomic mass is 10.1. The lowest BCUT2D eigenvalue weighted by Crippen LogP contribution is -2.23. The Labute approximate surface area is 122 Å². The van der Waals surface area contributed by atoms with Gasteiger partial charge in [-0.2, -0.15) is 0 Å². The number of halogens is 2. The summed E-state index contributed by atoms with van der Waals surface area (Å²) < 4.78 is 32.1. The van der Waals surface area contributed by atoms with Crippen molar-refractivity contribution in [1.82, 2.24) is 15.5 Å². The van der Waals surface area contributed by atoms with Gasteiger partial charge in [-0.25, -0.2) is 8.78 Å². The molecule has 0 radical (unpaired) electrons. The quantitative estimate of drug-likeness (QED) is 0.798. The van der Waals surface area contributed by atoms with Crippen LogP contribution in [-0.4, -0.2) is 22.8 Å². The number of aromatic nitrogens is 2. The molecule has 0 saturated carbocycles. The van der Waals surface area contributed by atoms with Crippen molar-refractivity contribution in [2.24, 2.45) is 0 Å². The number of hydrogen-bond donors (Lipinski definition) is 1. The van der Waals surface area contributed by atoms with Gasteiger partial charge in [-0.1, -0.05) is 26.0 Å². The number of nitrogens with zero attached hydrogens (tertiary/aromatic N) is 2. The summed E-state index contributed by atoms with van der Waals surface area (Å²) in [6, 6.07) is 4.50. The zero-order valence-electron chi connectivity index (χ0n) is 12.2. The van der Waals surface area contributed by atoms with E-state index < -0.39 is 11.6 Å². The van der Waals surface area contributed by atoms with Crippen molar-refractivity contribution in [1.29, 1.82) is 0 Å². The van der Waals surface area contributed by atoms with Gasteiger partial charge in [0.25, 0.3) is 0 Å². The summed E-state index contributed by atoms with van der Waals surface area (Å²) in [5.41, 5.74) is 0.215. The van der Waals surface area contributed by atoms with E-state index in [1.807, 2.05) is 0 Å². The maximum atomic E-state index is 13.5. The molecule has 0 spiro atoms. The van der Waals surface area contributed by atoms with Gasteiger partial charge in [0.1, 0.15) is 0 Å². The Morgan fingerprint density at radius 3 is 2.71 bits per heavy atom. The molecule has 0 aliphatic carbocycles. The van der Waals surface area contributed by atoms with Crippen LogP contribution in [-0.2, 0) is 12.8 Å². The third-order valence-electron chi connectivity index (χ3n) is 3.00. The third-order valence-corrected chi connectivity index (χ3v) is 3.00. The van der Waals surface area contributed by atoms with Crippen LogP contribution in [0.2, 0.25) is 0 Å². The first kappa shape index (κ1) is 15.6. The van der Waals surface area contributed by atoms with Gasteiger partial charge >= 0.3 is 0 Å². The first-order valence-corrected chi connectivity index (χ1v) is 7.04. The smallest absolute Gasteiger partial charge is 0.221 e. The van der Waals surface area contributed by atoms with E-state index in [9.17, 15) is 8.78 Å². The normalized spacial score (nSPS) is 11.3. The van der Waals surface area contributed by atoms with E-state index in [1.54, 1.807) is 0 Å². The standard InChI is InChI=1S/C15H19F2N3O/c1-10(2)18-8-4-7-13-19-20-14(21-13)9-11-5-3-6-12(16)15(11)17/h3,5-6,10,18H,4,7-9H2,1-2H3. The molecule has 4 nitrogen and oxygen atoms in total. The minimum Gasteiger partial charge on any atom is -0.425 e. The van der Waals surface area contributed by atoms with Gasteiger partial charge in [-0.3, -0.25) is 0 Å². The summed E-state index contributed by atoms with van der Waals surface area (Å²) >= 11 is 0. The molecule has 0 unspecified atom stereocenters. The Hall–Kier alpha value is -1.82. The molecule has 114 valence electrons. The topological polar surface area (TPSA) is 51.0 Å². The van der Waals surface area contributed by atoms with Crippen LogP contribution in [0.3, 0.4) is 0 Å². The lowest BCUT2D eigenvalue weighted by molar-refractivity contribution is 0.441. The molecule has 2 rings (SSSR count). The first-order valence-electron chi connectivity index (χ1n) is 7.04. The molecule has 0 bridgehead atoms. The summed E-state index contributed by atoms with van der Waals surface area (Å²) in [7, 11) is 0. The molecule has 1 aromatic carbocycles. The number of rotatable bonds is 7. The second-order valence-electron chi connectivity index (χ2n) is 5.19. The molecule has 0 aliphatic rings. The fourth-order valence-electron chi connectivity index (χ4n) is 1.94. The van der Waals surface area contributed by atoms with Crippen molar-refractivity contribution in [2.75, 3.05) is 6.54 Å². The van der Waals surface area contributed by atoms with E-state index in [0.29, 0.717) is 24.2 Å². The monoisotopic (exact) mass is 295 g/mol. The van der Waals surface area contributed by atoms with Crippen molar-refractivity contribution in [3.05, 3.63) is 47.2 Å². The van der Waals surface area contributed by atoms with Crippen molar-refractivity contribution in [3.8, 4) is 0 Å². The fourth-order valence-corrected chi connectivity index (χ4v) is 1.94. The SMILES string of the molecule is CC(C)NCCCc1nnc(Cc2cccc(F)c2F)o1. The van der Waals surface area contributed by atoms with Crippen LogP contribution in [0.5, 0.6) is 0 Å².